The highest BCUT2D eigenvalue weighted by molar-refractivity contribution is 7.59. The smallest absolute Gasteiger partial charge is 0.313 e. The Labute approximate surface area is 70.8 Å². The molecule has 2 N–H and O–H groups in total. The molecule has 12 heavy (non-hydrogen) atoms. The van der Waals surface area contributed by atoms with E-state index < -0.39 is 19.5 Å². The number of hydrogen-bond donors (Lipinski definition) is 2. The second-order valence-electron chi connectivity index (χ2n) is 2.24. The first-order valence-corrected chi connectivity index (χ1v) is 5.59. The van der Waals surface area contributed by atoms with Crippen molar-refractivity contribution in [3.63, 3.8) is 0 Å². The first-order valence-electron chi connectivity index (χ1n) is 3.59. The summed E-state index contributed by atoms with van der Waals surface area (Å²) in [5.74, 6) is -1.14. The zero-order valence-electron chi connectivity index (χ0n) is 6.89. The maximum Gasteiger partial charge on any atom is 0.313 e. The van der Waals surface area contributed by atoms with E-state index in [1.54, 1.807) is 6.92 Å². The Kier molecular flexibility index (Phi) is 5.13. The number of aliphatic carboxylic acids is 1. The summed E-state index contributed by atoms with van der Waals surface area (Å²) in [5.41, 5.74) is 0. The van der Waals surface area contributed by atoms with Gasteiger partial charge in [0.1, 0.15) is 6.16 Å². The van der Waals surface area contributed by atoms with Crippen LogP contribution in [0.1, 0.15) is 6.92 Å². The van der Waals surface area contributed by atoms with Gasteiger partial charge in [-0.25, -0.2) is 0 Å². The highest BCUT2D eigenvalue weighted by atomic mass is 31.2. The summed E-state index contributed by atoms with van der Waals surface area (Å²) in [7, 11) is -3.03. The molecule has 0 radical (unpaired) electrons. The van der Waals surface area contributed by atoms with Gasteiger partial charge >= 0.3 is 5.97 Å². The fourth-order valence-electron chi connectivity index (χ4n) is 0.662. The number of carboxylic acids is 1. The van der Waals surface area contributed by atoms with Gasteiger partial charge in [0.2, 0.25) is 7.37 Å². The fourth-order valence-corrected chi connectivity index (χ4v) is 1.99. The summed E-state index contributed by atoms with van der Waals surface area (Å²) in [4.78, 5) is 10.2. The maximum atomic E-state index is 11.4. The van der Waals surface area contributed by atoms with E-state index in [1.165, 1.54) is 0 Å². The third-order valence-electron chi connectivity index (χ3n) is 1.28. The number of rotatable bonds is 6. The van der Waals surface area contributed by atoms with Gasteiger partial charge in [-0.05, 0) is 0 Å². The molecule has 0 aliphatic rings. The molecular formula is C6H13O5P. The summed E-state index contributed by atoms with van der Waals surface area (Å²) in [5, 5.41) is 16.7. The van der Waals surface area contributed by atoms with Crippen LogP contribution in [0.3, 0.4) is 0 Å². The number of aliphatic hydroxyl groups is 1. The Hall–Kier alpha value is -0.380. The van der Waals surface area contributed by atoms with E-state index in [-0.39, 0.29) is 19.4 Å². The first kappa shape index (κ1) is 11.6. The fraction of sp³-hybridized carbons (Fsp3) is 0.833. The lowest BCUT2D eigenvalue weighted by atomic mass is 10.8. The molecule has 1 unspecified atom stereocenters. The molecule has 0 spiro atoms. The van der Waals surface area contributed by atoms with E-state index in [0.717, 1.165) is 0 Å². The van der Waals surface area contributed by atoms with Crippen molar-refractivity contribution < 1.29 is 24.1 Å². The molecule has 0 aliphatic heterocycles. The minimum absolute atomic E-state index is 0.0710. The van der Waals surface area contributed by atoms with Crippen molar-refractivity contribution in [1.82, 2.24) is 0 Å². The van der Waals surface area contributed by atoms with E-state index >= 15 is 0 Å². The van der Waals surface area contributed by atoms with Gasteiger partial charge in [0.05, 0.1) is 13.2 Å². The van der Waals surface area contributed by atoms with Gasteiger partial charge in [-0.3, -0.25) is 9.36 Å². The summed E-state index contributed by atoms with van der Waals surface area (Å²) in [6.07, 6.45) is -0.289. The summed E-state index contributed by atoms with van der Waals surface area (Å²) < 4.78 is 16.2. The zero-order chi connectivity index (χ0) is 9.61. The molecule has 72 valence electrons. The van der Waals surface area contributed by atoms with Crippen LogP contribution in [-0.2, 0) is 13.9 Å². The molecule has 1 atom stereocenters. The average molecular weight is 196 g/mol. The molecule has 6 heteroatoms. The lowest BCUT2D eigenvalue weighted by Gasteiger charge is -2.13. The molecule has 5 nitrogen and oxygen atoms in total. The van der Waals surface area contributed by atoms with Gasteiger partial charge in [0.25, 0.3) is 0 Å². The van der Waals surface area contributed by atoms with Gasteiger partial charge in [-0.15, -0.1) is 0 Å². The molecule has 0 saturated heterocycles. The molecule has 0 fully saturated rings. The minimum atomic E-state index is -3.03. The second-order valence-corrected chi connectivity index (χ2v) is 5.08. The van der Waals surface area contributed by atoms with Crippen LogP contribution in [0.25, 0.3) is 0 Å². The molecule has 0 rings (SSSR count). The van der Waals surface area contributed by atoms with Crippen LogP contribution in [0.15, 0.2) is 0 Å². The normalized spacial score (nSPS) is 15.5. The maximum absolute atomic E-state index is 11.4. The van der Waals surface area contributed by atoms with E-state index in [9.17, 15) is 9.36 Å². The monoisotopic (exact) mass is 196 g/mol. The van der Waals surface area contributed by atoms with E-state index in [0.29, 0.717) is 0 Å². The summed E-state index contributed by atoms with van der Waals surface area (Å²) in [6.45, 7) is 1.28. The Morgan fingerprint density at radius 1 is 1.58 bits per heavy atom. The SMILES string of the molecule is CCP(=O)(CC(=O)O)OCCO. The van der Waals surface area contributed by atoms with E-state index in [4.69, 9.17) is 14.7 Å². The molecule has 0 heterocycles. The van der Waals surface area contributed by atoms with Crippen LogP contribution >= 0.6 is 7.37 Å². The van der Waals surface area contributed by atoms with Crippen LogP contribution in [0.4, 0.5) is 0 Å². The molecule has 0 bridgehead atoms. The van der Waals surface area contributed by atoms with Crippen LogP contribution in [-0.4, -0.2) is 41.7 Å². The second kappa shape index (κ2) is 5.30. The van der Waals surface area contributed by atoms with Crippen LogP contribution < -0.4 is 0 Å². The standard InChI is InChI=1S/C6H13O5P/c1-2-12(10,5-6(8)9)11-4-3-7/h7H,2-5H2,1H3,(H,8,9). The van der Waals surface area contributed by atoms with Crippen molar-refractivity contribution in [3.05, 3.63) is 0 Å². The predicted molar refractivity (Wildman–Crippen MR) is 43.7 cm³/mol. The van der Waals surface area contributed by atoms with Crippen LogP contribution in [0.5, 0.6) is 0 Å². The zero-order valence-corrected chi connectivity index (χ0v) is 7.79. The number of hydrogen-bond acceptors (Lipinski definition) is 4. The van der Waals surface area contributed by atoms with Gasteiger partial charge in [0.15, 0.2) is 0 Å². The van der Waals surface area contributed by atoms with Gasteiger partial charge in [-0.1, -0.05) is 6.92 Å². The van der Waals surface area contributed by atoms with Crippen molar-refractivity contribution in [2.45, 2.75) is 6.92 Å². The van der Waals surface area contributed by atoms with Crippen molar-refractivity contribution in [2.75, 3.05) is 25.5 Å². The van der Waals surface area contributed by atoms with Crippen LogP contribution in [0, 0.1) is 0 Å². The molecule has 0 aromatic carbocycles. The van der Waals surface area contributed by atoms with Gasteiger partial charge in [0, 0.05) is 6.16 Å². The largest absolute Gasteiger partial charge is 0.481 e. The number of carboxylic acid groups (broad SMARTS) is 1. The van der Waals surface area contributed by atoms with Crippen molar-refractivity contribution in [2.24, 2.45) is 0 Å². The average Bonchev–Trinajstić information content (AvgIpc) is 2.00. The Balaban J connectivity index is 4.05. The predicted octanol–water partition coefficient (Wildman–Crippen LogP) is 0.378. The third kappa shape index (κ3) is 4.49. The molecule has 0 aromatic heterocycles. The highest BCUT2D eigenvalue weighted by Crippen LogP contribution is 2.45. The molecule has 0 aliphatic carbocycles. The summed E-state index contributed by atoms with van der Waals surface area (Å²) in [6, 6.07) is 0. The highest BCUT2D eigenvalue weighted by Gasteiger charge is 2.23. The van der Waals surface area contributed by atoms with Crippen molar-refractivity contribution in [1.29, 1.82) is 0 Å². The quantitative estimate of drug-likeness (QED) is 0.600. The van der Waals surface area contributed by atoms with Crippen molar-refractivity contribution >= 4 is 13.3 Å². The Bertz CT molecular complexity index is 190. The Morgan fingerprint density at radius 3 is 2.50 bits per heavy atom. The van der Waals surface area contributed by atoms with Crippen molar-refractivity contribution in [3.8, 4) is 0 Å². The topological polar surface area (TPSA) is 83.8 Å². The number of aliphatic hydroxyl groups excluding tert-OH is 1. The Morgan fingerprint density at radius 2 is 2.17 bits per heavy atom. The number of carbonyl (C=O) groups is 1. The van der Waals surface area contributed by atoms with Crippen LogP contribution in [0.2, 0.25) is 0 Å². The minimum Gasteiger partial charge on any atom is -0.481 e. The lowest BCUT2D eigenvalue weighted by Crippen LogP contribution is -2.09. The van der Waals surface area contributed by atoms with Gasteiger partial charge < -0.3 is 14.7 Å². The molecule has 0 aromatic rings. The first-order chi connectivity index (χ1) is 5.54. The molecule has 0 saturated carbocycles. The molecular weight excluding hydrogens is 183 g/mol. The van der Waals surface area contributed by atoms with E-state index in [2.05, 4.69) is 0 Å². The van der Waals surface area contributed by atoms with Gasteiger partial charge in [-0.2, -0.15) is 0 Å². The molecule has 0 amide bonds. The van der Waals surface area contributed by atoms with E-state index in [1.807, 2.05) is 0 Å². The lowest BCUT2D eigenvalue weighted by molar-refractivity contribution is -0.134. The third-order valence-corrected chi connectivity index (χ3v) is 3.64. The summed E-state index contributed by atoms with van der Waals surface area (Å²) >= 11 is 0.